The third-order valence-corrected chi connectivity index (χ3v) is 6.38. The summed E-state index contributed by atoms with van der Waals surface area (Å²) in [7, 11) is -3.88. The molecule has 0 fully saturated rings. The highest BCUT2D eigenvalue weighted by molar-refractivity contribution is 7.92. The Morgan fingerprint density at radius 2 is 1.72 bits per heavy atom. The number of benzene rings is 2. The van der Waals surface area contributed by atoms with Crippen molar-refractivity contribution in [3.63, 3.8) is 0 Å². The maximum Gasteiger partial charge on any atom is 0.416 e. The van der Waals surface area contributed by atoms with Gasteiger partial charge in [0.15, 0.2) is 14.0 Å². The lowest BCUT2D eigenvalue weighted by Crippen LogP contribution is -2.08. The Balaban J connectivity index is 1.96. The molecule has 0 aliphatic carbocycles. The van der Waals surface area contributed by atoms with Crippen molar-refractivity contribution in [3.8, 4) is 11.3 Å². The van der Waals surface area contributed by atoms with Gasteiger partial charge in [0, 0.05) is 17.1 Å². The van der Waals surface area contributed by atoms with E-state index >= 15 is 0 Å². The van der Waals surface area contributed by atoms with Gasteiger partial charge in [-0.3, -0.25) is 0 Å². The minimum absolute atomic E-state index is 0.0576. The third kappa shape index (κ3) is 3.88. The summed E-state index contributed by atoms with van der Waals surface area (Å²) in [5.41, 5.74) is -0.0374. The first-order valence-corrected chi connectivity index (χ1v) is 9.46. The molecular weight excluding hydrogens is 373 g/mol. The van der Waals surface area contributed by atoms with E-state index < -0.39 is 27.3 Å². The standard InChI is InChI=1S/C16H11F3N2O2S2/c17-16(18,19)13-8-4-5-11(9-13)10-25(22,23)15-14(20-21-24-15)12-6-2-1-3-7-12/h1-9H,10H2. The number of hydrogen-bond donors (Lipinski definition) is 0. The molecule has 0 N–H and O–H groups in total. The Bertz CT molecular complexity index is 984. The van der Waals surface area contributed by atoms with Gasteiger partial charge in [-0.05, 0) is 11.6 Å². The fourth-order valence-electron chi connectivity index (χ4n) is 2.28. The topological polar surface area (TPSA) is 59.9 Å². The van der Waals surface area contributed by atoms with Crippen LogP contribution < -0.4 is 0 Å². The Morgan fingerprint density at radius 1 is 1.00 bits per heavy atom. The minimum atomic E-state index is -4.53. The molecule has 0 saturated carbocycles. The highest BCUT2D eigenvalue weighted by Crippen LogP contribution is 2.32. The molecule has 3 aromatic rings. The Hall–Kier alpha value is -2.26. The van der Waals surface area contributed by atoms with Gasteiger partial charge in [0.25, 0.3) is 0 Å². The molecule has 0 aliphatic heterocycles. The van der Waals surface area contributed by atoms with Crippen molar-refractivity contribution >= 4 is 21.4 Å². The third-order valence-electron chi connectivity index (χ3n) is 3.40. The zero-order valence-corrected chi connectivity index (χ0v) is 14.2. The van der Waals surface area contributed by atoms with Gasteiger partial charge in [0.1, 0.15) is 5.69 Å². The van der Waals surface area contributed by atoms with Crippen molar-refractivity contribution < 1.29 is 21.6 Å². The Morgan fingerprint density at radius 3 is 2.40 bits per heavy atom. The van der Waals surface area contributed by atoms with Crippen molar-refractivity contribution in [1.82, 2.24) is 9.59 Å². The van der Waals surface area contributed by atoms with Crippen molar-refractivity contribution in [2.24, 2.45) is 0 Å². The number of rotatable bonds is 4. The van der Waals surface area contributed by atoms with E-state index in [9.17, 15) is 21.6 Å². The molecule has 0 radical (unpaired) electrons. The smallest absolute Gasteiger partial charge is 0.222 e. The molecule has 1 aromatic heterocycles. The fraction of sp³-hybridized carbons (Fsp3) is 0.125. The lowest BCUT2D eigenvalue weighted by molar-refractivity contribution is -0.137. The van der Waals surface area contributed by atoms with Crippen LogP contribution >= 0.6 is 11.5 Å². The second-order valence-corrected chi connectivity index (χ2v) is 8.17. The van der Waals surface area contributed by atoms with Gasteiger partial charge >= 0.3 is 6.18 Å². The SMILES string of the molecule is O=S(=O)(Cc1cccc(C(F)(F)F)c1)c1snnc1-c1ccccc1. The van der Waals surface area contributed by atoms with E-state index in [1.165, 1.54) is 12.1 Å². The molecule has 0 atom stereocenters. The fourth-order valence-corrected chi connectivity index (χ4v) is 4.66. The summed E-state index contributed by atoms with van der Waals surface area (Å²) in [4.78, 5) is 0. The average Bonchev–Trinajstić information content (AvgIpc) is 3.05. The van der Waals surface area contributed by atoms with Gasteiger partial charge in [-0.1, -0.05) is 53.0 Å². The number of aromatic nitrogens is 2. The van der Waals surface area contributed by atoms with E-state index in [4.69, 9.17) is 0 Å². The molecule has 9 heteroatoms. The van der Waals surface area contributed by atoms with Gasteiger partial charge < -0.3 is 0 Å². The Labute approximate surface area is 146 Å². The molecule has 0 unspecified atom stereocenters. The summed E-state index contributed by atoms with van der Waals surface area (Å²) in [6.07, 6.45) is -4.53. The molecule has 1 heterocycles. The number of sulfone groups is 1. The molecule has 0 amide bonds. The molecule has 0 saturated heterocycles. The summed E-state index contributed by atoms with van der Waals surface area (Å²) in [6.45, 7) is 0. The largest absolute Gasteiger partial charge is 0.416 e. The van der Waals surface area contributed by atoms with E-state index in [-0.39, 0.29) is 15.5 Å². The summed E-state index contributed by atoms with van der Waals surface area (Å²) >= 11 is 0.709. The monoisotopic (exact) mass is 384 g/mol. The molecule has 130 valence electrons. The van der Waals surface area contributed by atoms with Crippen LogP contribution in [0.15, 0.2) is 58.8 Å². The molecule has 0 spiro atoms. The van der Waals surface area contributed by atoms with Gasteiger partial charge in [-0.15, -0.1) is 5.10 Å². The van der Waals surface area contributed by atoms with Crippen molar-refractivity contribution in [2.45, 2.75) is 16.1 Å². The molecule has 2 aromatic carbocycles. The predicted molar refractivity (Wildman–Crippen MR) is 87.7 cm³/mol. The van der Waals surface area contributed by atoms with Crippen molar-refractivity contribution in [1.29, 1.82) is 0 Å². The van der Waals surface area contributed by atoms with Gasteiger partial charge in [-0.2, -0.15) is 13.2 Å². The predicted octanol–water partition coefficient (Wildman–Crippen LogP) is 4.20. The van der Waals surface area contributed by atoms with Crippen LogP contribution in [0.25, 0.3) is 11.3 Å². The first-order chi connectivity index (χ1) is 11.8. The number of halogens is 3. The van der Waals surface area contributed by atoms with E-state index in [0.717, 1.165) is 12.1 Å². The molecule has 0 bridgehead atoms. The number of alkyl halides is 3. The van der Waals surface area contributed by atoms with Crippen LogP contribution in [0.1, 0.15) is 11.1 Å². The number of hydrogen-bond acceptors (Lipinski definition) is 5. The van der Waals surface area contributed by atoms with Crippen LogP contribution in [0.5, 0.6) is 0 Å². The van der Waals surface area contributed by atoms with Gasteiger partial charge in [0.2, 0.25) is 0 Å². The lowest BCUT2D eigenvalue weighted by atomic mass is 10.1. The Kier molecular flexibility index (Phi) is 4.61. The highest BCUT2D eigenvalue weighted by Gasteiger charge is 2.31. The van der Waals surface area contributed by atoms with Crippen LogP contribution in [0, 0.1) is 0 Å². The molecule has 3 rings (SSSR count). The summed E-state index contributed by atoms with van der Waals surface area (Å²) in [5, 5.41) is 3.86. The van der Waals surface area contributed by atoms with E-state index in [1.807, 2.05) is 0 Å². The summed E-state index contributed by atoms with van der Waals surface area (Å²) < 4.78 is 67.3. The number of nitrogens with zero attached hydrogens (tertiary/aromatic N) is 2. The van der Waals surface area contributed by atoms with Gasteiger partial charge in [-0.25, -0.2) is 8.42 Å². The van der Waals surface area contributed by atoms with Gasteiger partial charge in [0.05, 0.1) is 11.3 Å². The molecule has 4 nitrogen and oxygen atoms in total. The van der Waals surface area contributed by atoms with Crippen LogP contribution in [0.4, 0.5) is 13.2 Å². The van der Waals surface area contributed by atoms with E-state index in [2.05, 4.69) is 9.59 Å². The second-order valence-electron chi connectivity index (χ2n) is 5.23. The highest BCUT2D eigenvalue weighted by atomic mass is 32.2. The first kappa shape index (κ1) is 17.6. The second kappa shape index (κ2) is 6.57. The van der Waals surface area contributed by atoms with E-state index in [1.54, 1.807) is 30.3 Å². The molecule has 25 heavy (non-hydrogen) atoms. The zero-order valence-electron chi connectivity index (χ0n) is 12.6. The minimum Gasteiger partial charge on any atom is -0.222 e. The summed E-state index contributed by atoms with van der Waals surface area (Å²) in [5.74, 6) is -0.555. The lowest BCUT2D eigenvalue weighted by Gasteiger charge is -2.09. The molecular formula is C16H11F3N2O2S2. The maximum atomic E-state index is 12.8. The van der Waals surface area contributed by atoms with Crippen LogP contribution in [0.2, 0.25) is 0 Å². The van der Waals surface area contributed by atoms with Crippen LogP contribution in [-0.4, -0.2) is 18.0 Å². The maximum absolute atomic E-state index is 12.8. The van der Waals surface area contributed by atoms with E-state index in [0.29, 0.717) is 17.1 Å². The van der Waals surface area contributed by atoms with Crippen LogP contribution in [0.3, 0.4) is 0 Å². The van der Waals surface area contributed by atoms with Crippen LogP contribution in [-0.2, 0) is 21.8 Å². The zero-order chi connectivity index (χ0) is 18.1. The van der Waals surface area contributed by atoms with Crippen molar-refractivity contribution in [3.05, 3.63) is 65.7 Å². The average molecular weight is 384 g/mol. The molecule has 0 aliphatic rings. The van der Waals surface area contributed by atoms with Crippen molar-refractivity contribution in [2.75, 3.05) is 0 Å². The summed E-state index contributed by atoms with van der Waals surface area (Å²) in [6, 6.07) is 12.9. The normalized spacial score (nSPS) is 12.3. The quantitative estimate of drug-likeness (QED) is 0.677. The first-order valence-electron chi connectivity index (χ1n) is 7.04.